The highest BCUT2D eigenvalue weighted by molar-refractivity contribution is 5.76. The first-order valence-corrected chi connectivity index (χ1v) is 24.3. The number of aliphatic hydroxyl groups excluding tert-OH is 2. The van der Waals surface area contributed by atoms with Gasteiger partial charge in [-0.3, -0.25) is 9.59 Å². The Hall–Kier alpha value is -1.14. The summed E-state index contributed by atoms with van der Waals surface area (Å²) >= 11 is 0. The Morgan fingerprint density at radius 3 is 1.13 bits per heavy atom. The molecule has 0 fully saturated rings. The monoisotopic (exact) mass is 766 g/mol. The lowest BCUT2D eigenvalue weighted by Crippen LogP contribution is -2.45. The molecule has 54 heavy (non-hydrogen) atoms. The standard InChI is InChI=1S/C48H95NO5/c1-3-5-7-9-11-13-21-26-30-34-38-42-48(53)54-43-39-35-31-27-23-20-18-16-15-17-19-22-25-29-33-37-41-47(52)49-45(44-50)46(51)40-36-32-28-24-14-12-10-8-6-4-2/h45-46,50-51H,3-44H2,1-2H3,(H,49,52). The molecule has 0 rings (SSSR count). The van der Waals surface area contributed by atoms with Gasteiger partial charge in [0, 0.05) is 12.8 Å². The van der Waals surface area contributed by atoms with E-state index in [1.165, 1.54) is 193 Å². The molecule has 0 aliphatic carbocycles. The van der Waals surface area contributed by atoms with Gasteiger partial charge in [0.05, 0.1) is 25.4 Å². The molecule has 0 aromatic heterocycles. The topological polar surface area (TPSA) is 95.9 Å². The Balaban J connectivity index is 3.40. The zero-order valence-electron chi connectivity index (χ0n) is 36.5. The van der Waals surface area contributed by atoms with Crippen LogP contribution in [-0.2, 0) is 14.3 Å². The molecule has 0 heterocycles. The Morgan fingerprint density at radius 2 is 0.759 bits per heavy atom. The summed E-state index contributed by atoms with van der Waals surface area (Å²) in [6.07, 6.45) is 47.8. The smallest absolute Gasteiger partial charge is 0.305 e. The van der Waals surface area contributed by atoms with E-state index in [2.05, 4.69) is 19.2 Å². The number of carbonyl (C=O) groups excluding carboxylic acids is 2. The van der Waals surface area contributed by atoms with Gasteiger partial charge in [0.1, 0.15) is 0 Å². The zero-order valence-corrected chi connectivity index (χ0v) is 36.5. The third-order valence-electron chi connectivity index (χ3n) is 11.4. The minimum Gasteiger partial charge on any atom is -0.466 e. The number of rotatable bonds is 45. The minimum absolute atomic E-state index is 0.00288. The summed E-state index contributed by atoms with van der Waals surface area (Å²) in [6, 6.07) is -0.543. The lowest BCUT2D eigenvalue weighted by molar-refractivity contribution is -0.143. The maximum absolute atomic E-state index is 12.4. The van der Waals surface area contributed by atoms with Crippen molar-refractivity contribution < 1.29 is 24.5 Å². The van der Waals surface area contributed by atoms with E-state index in [1.54, 1.807) is 0 Å². The van der Waals surface area contributed by atoms with E-state index in [4.69, 9.17) is 4.74 Å². The number of carbonyl (C=O) groups is 2. The van der Waals surface area contributed by atoms with Crippen LogP contribution in [-0.4, -0.2) is 47.4 Å². The number of esters is 1. The van der Waals surface area contributed by atoms with E-state index in [9.17, 15) is 19.8 Å². The van der Waals surface area contributed by atoms with Crippen molar-refractivity contribution in [3.8, 4) is 0 Å². The number of hydrogen-bond acceptors (Lipinski definition) is 5. The summed E-state index contributed by atoms with van der Waals surface area (Å²) in [5, 5.41) is 23.1. The Kier molecular flexibility index (Phi) is 43.6. The molecule has 6 heteroatoms. The van der Waals surface area contributed by atoms with Crippen LogP contribution in [0.1, 0.15) is 271 Å². The van der Waals surface area contributed by atoms with Gasteiger partial charge < -0.3 is 20.3 Å². The van der Waals surface area contributed by atoms with Crippen LogP contribution < -0.4 is 5.32 Å². The van der Waals surface area contributed by atoms with E-state index in [0.29, 0.717) is 25.9 Å². The Labute approximate surface area is 336 Å². The van der Waals surface area contributed by atoms with E-state index < -0.39 is 12.1 Å². The quantitative estimate of drug-likeness (QED) is 0.0424. The first kappa shape index (κ1) is 52.9. The molecule has 6 nitrogen and oxygen atoms in total. The number of amides is 1. The van der Waals surface area contributed by atoms with Crippen molar-refractivity contribution in [2.75, 3.05) is 13.2 Å². The molecule has 0 aromatic carbocycles. The van der Waals surface area contributed by atoms with Gasteiger partial charge in [0.25, 0.3) is 0 Å². The molecule has 0 saturated heterocycles. The van der Waals surface area contributed by atoms with Crippen LogP contribution in [0.25, 0.3) is 0 Å². The average molecular weight is 766 g/mol. The van der Waals surface area contributed by atoms with Gasteiger partial charge in [-0.05, 0) is 25.7 Å². The van der Waals surface area contributed by atoms with Crippen LogP contribution in [0.2, 0.25) is 0 Å². The molecule has 0 saturated carbocycles. The molecular weight excluding hydrogens is 671 g/mol. The third-order valence-corrected chi connectivity index (χ3v) is 11.4. The minimum atomic E-state index is -0.665. The van der Waals surface area contributed by atoms with Crippen LogP contribution in [0.5, 0.6) is 0 Å². The SMILES string of the molecule is CCCCCCCCCCCCCC(=O)OCCCCCCCCCCCCCCCCCCC(=O)NC(CO)C(O)CCCCCCCCCCCC. The van der Waals surface area contributed by atoms with Gasteiger partial charge in [-0.2, -0.15) is 0 Å². The van der Waals surface area contributed by atoms with E-state index >= 15 is 0 Å². The zero-order chi connectivity index (χ0) is 39.4. The first-order chi connectivity index (χ1) is 26.5. The van der Waals surface area contributed by atoms with Crippen LogP contribution >= 0.6 is 0 Å². The fourth-order valence-electron chi connectivity index (χ4n) is 7.64. The average Bonchev–Trinajstić information content (AvgIpc) is 3.17. The van der Waals surface area contributed by atoms with Crippen LogP contribution in [0, 0.1) is 0 Å². The van der Waals surface area contributed by atoms with Gasteiger partial charge in [-0.25, -0.2) is 0 Å². The largest absolute Gasteiger partial charge is 0.466 e. The number of hydrogen-bond donors (Lipinski definition) is 3. The fraction of sp³-hybridized carbons (Fsp3) is 0.958. The predicted octanol–water partition coefficient (Wildman–Crippen LogP) is 14.0. The van der Waals surface area contributed by atoms with Crippen LogP contribution in [0.4, 0.5) is 0 Å². The summed E-state index contributed by atoms with van der Waals surface area (Å²) in [6.45, 7) is 4.92. The molecule has 2 unspecified atom stereocenters. The van der Waals surface area contributed by atoms with Gasteiger partial charge in [0.15, 0.2) is 0 Å². The highest BCUT2D eigenvalue weighted by Gasteiger charge is 2.20. The lowest BCUT2D eigenvalue weighted by Gasteiger charge is -2.22. The van der Waals surface area contributed by atoms with Crippen molar-refractivity contribution in [3.05, 3.63) is 0 Å². The van der Waals surface area contributed by atoms with Crippen molar-refractivity contribution in [3.63, 3.8) is 0 Å². The molecule has 0 spiro atoms. The summed E-state index contributed by atoms with van der Waals surface area (Å²) in [4.78, 5) is 24.3. The van der Waals surface area contributed by atoms with Crippen LogP contribution in [0.15, 0.2) is 0 Å². The Bertz CT molecular complexity index is 761. The maximum atomic E-state index is 12.4. The second-order valence-corrected chi connectivity index (χ2v) is 16.8. The number of aliphatic hydroxyl groups is 2. The number of ether oxygens (including phenoxy) is 1. The van der Waals surface area contributed by atoms with E-state index in [-0.39, 0.29) is 18.5 Å². The molecule has 0 radical (unpaired) electrons. The second kappa shape index (κ2) is 44.6. The van der Waals surface area contributed by atoms with Gasteiger partial charge in [0.2, 0.25) is 5.91 Å². The molecule has 0 bridgehead atoms. The molecule has 1 amide bonds. The first-order valence-electron chi connectivity index (χ1n) is 24.3. The van der Waals surface area contributed by atoms with Crippen molar-refractivity contribution in [1.29, 1.82) is 0 Å². The normalized spacial score (nSPS) is 12.6. The van der Waals surface area contributed by atoms with Gasteiger partial charge >= 0.3 is 5.97 Å². The molecule has 0 aliphatic heterocycles. The summed E-state index contributed by atoms with van der Waals surface area (Å²) in [5.74, 6) is -0.0398. The number of nitrogens with one attached hydrogen (secondary N) is 1. The summed E-state index contributed by atoms with van der Waals surface area (Å²) in [5.41, 5.74) is 0. The van der Waals surface area contributed by atoms with Crippen molar-refractivity contribution in [2.24, 2.45) is 0 Å². The van der Waals surface area contributed by atoms with Crippen molar-refractivity contribution >= 4 is 11.9 Å². The Morgan fingerprint density at radius 1 is 0.444 bits per heavy atom. The van der Waals surface area contributed by atoms with Gasteiger partial charge in [-0.1, -0.05) is 232 Å². The summed E-state index contributed by atoms with van der Waals surface area (Å²) < 4.78 is 5.45. The summed E-state index contributed by atoms with van der Waals surface area (Å²) in [7, 11) is 0. The molecule has 0 aliphatic rings. The molecule has 322 valence electrons. The molecule has 2 atom stereocenters. The van der Waals surface area contributed by atoms with E-state index in [1.807, 2.05) is 0 Å². The van der Waals surface area contributed by atoms with Gasteiger partial charge in [-0.15, -0.1) is 0 Å². The third kappa shape index (κ3) is 40.5. The van der Waals surface area contributed by atoms with E-state index in [0.717, 1.165) is 44.9 Å². The van der Waals surface area contributed by atoms with Crippen molar-refractivity contribution in [2.45, 2.75) is 283 Å². The highest BCUT2D eigenvalue weighted by Crippen LogP contribution is 2.16. The molecule has 0 aromatic rings. The predicted molar refractivity (Wildman–Crippen MR) is 232 cm³/mol. The highest BCUT2D eigenvalue weighted by atomic mass is 16.5. The lowest BCUT2D eigenvalue weighted by atomic mass is 10.0. The number of unbranched alkanes of at least 4 members (excludes halogenated alkanes) is 34. The molecular formula is C48H95NO5. The second-order valence-electron chi connectivity index (χ2n) is 16.8. The maximum Gasteiger partial charge on any atom is 0.305 e. The van der Waals surface area contributed by atoms with Crippen LogP contribution in [0.3, 0.4) is 0 Å². The van der Waals surface area contributed by atoms with Crippen molar-refractivity contribution in [1.82, 2.24) is 5.32 Å². The fourth-order valence-corrected chi connectivity index (χ4v) is 7.64. The molecule has 3 N–H and O–H groups in total.